The van der Waals surface area contributed by atoms with E-state index in [4.69, 9.17) is 0 Å². The minimum Gasteiger partial charge on any atom is -0.339 e. The van der Waals surface area contributed by atoms with Gasteiger partial charge in [-0.25, -0.2) is 0 Å². The molecule has 2 rings (SSSR count). The van der Waals surface area contributed by atoms with Gasteiger partial charge in [0.25, 0.3) is 0 Å². The molecule has 0 radical (unpaired) electrons. The second-order valence-electron chi connectivity index (χ2n) is 6.80. The molecule has 2 heterocycles. The van der Waals surface area contributed by atoms with Crippen molar-refractivity contribution in [3.63, 3.8) is 0 Å². The van der Waals surface area contributed by atoms with Crippen LogP contribution in [0.5, 0.6) is 0 Å². The van der Waals surface area contributed by atoms with Gasteiger partial charge in [0.2, 0.25) is 5.91 Å². The summed E-state index contributed by atoms with van der Waals surface area (Å²) in [6.45, 7) is 4.60. The van der Waals surface area contributed by atoms with Gasteiger partial charge in [0.05, 0.1) is 0 Å². The van der Waals surface area contributed by atoms with Crippen LogP contribution in [0.2, 0.25) is 0 Å². The monoisotopic (exact) mass is 321 g/mol. The lowest BCUT2D eigenvalue weighted by atomic mass is 9.95. The van der Waals surface area contributed by atoms with Gasteiger partial charge >= 0.3 is 12.1 Å². The number of alkyl halides is 3. The molecule has 2 saturated heterocycles. The lowest BCUT2D eigenvalue weighted by Crippen LogP contribution is -2.58. The summed E-state index contributed by atoms with van der Waals surface area (Å²) in [5, 5.41) is 1.79. The van der Waals surface area contributed by atoms with E-state index in [-0.39, 0.29) is 5.54 Å². The number of amides is 2. The maximum Gasteiger partial charge on any atom is 0.471 e. The molecule has 2 aliphatic rings. The second-order valence-corrected chi connectivity index (χ2v) is 6.80. The molecule has 22 heavy (non-hydrogen) atoms. The Morgan fingerprint density at radius 3 is 2.27 bits per heavy atom. The van der Waals surface area contributed by atoms with Crippen LogP contribution in [-0.4, -0.2) is 65.6 Å². The number of rotatable bonds is 2. The molecule has 5 nitrogen and oxygen atoms in total. The highest BCUT2D eigenvalue weighted by Crippen LogP contribution is 2.37. The lowest BCUT2D eigenvalue weighted by molar-refractivity contribution is -0.176. The lowest BCUT2D eigenvalue weighted by Gasteiger charge is -2.34. The molecule has 2 fully saturated rings. The van der Waals surface area contributed by atoms with Crippen LogP contribution < -0.4 is 5.32 Å². The Labute approximate surface area is 127 Å². The summed E-state index contributed by atoms with van der Waals surface area (Å²) < 4.78 is 37.1. The van der Waals surface area contributed by atoms with Crippen LogP contribution in [0.15, 0.2) is 0 Å². The summed E-state index contributed by atoms with van der Waals surface area (Å²) in [6, 6.07) is 0. The first kappa shape index (κ1) is 17.1. The first-order valence-electron chi connectivity index (χ1n) is 7.38. The van der Waals surface area contributed by atoms with E-state index in [1.54, 1.807) is 10.2 Å². The van der Waals surface area contributed by atoms with Gasteiger partial charge in [0.15, 0.2) is 0 Å². The Hall–Kier alpha value is -1.31. The number of hydrogen-bond acceptors (Lipinski definition) is 3. The molecular weight excluding hydrogens is 299 g/mol. The summed E-state index contributed by atoms with van der Waals surface area (Å²) in [4.78, 5) is 27.4. The molecule has 0 saturated carbocycles. The summed E-state index contributed by atoms with van der Waals surface area (Å²) in [7, 11) is 2.01. The SMILES string of the molecule is CN1CCCC12CCN(C(=O)C(C)(C)NC(=O)C(F)(F)F)C2. The maximum absolute atomic E-state index is 12.5. The normalized spacial score (nSPS) is 26.7. The quantitative estimate of drug-likeness (QED) is 0.830. The van der Waals surface area contributed by atoms with Gasteiger partial charge < -0.3 is 10.2 Å². The van der Waals surface area contributed by atoms with Gasteiger partial charge in [-0.3, -0.25) is 14.5 Å². The fourth-order valence-electron chi connectivity index (χ4n) is 3.42. The van der Waals surface area contributed by atoms with Crippen molar-refractivity contribution >= 4 is 11.8 Å². The average Bonchev–Trinajstić information content (AvgIpc) is 2.96. The zero-order chi connectivity index (χ0) is 16.8. The summed E-state index contributed by atoms with van der Waals surface area (Å²) in [5.74, 6) is -2.56. The number of carbonyl (C=O) groups is 2. The standard InChI is InChI=1S/C14H22F3N3O2/c1-12(2,18-10(21)14(15,16)17)11(22)20-8-6-13(9-20)5-4-7-19(13)3/h4-9H2,1-3H3,(H,18,21). The van der Waals surface area contributed by atoms with Gasteiger partial charge in [-0.1, -0.05) is 0 Å². The first-order valence-corrected chi connectivity index (χ1v) is 7.38. The van der Waals surface area contributed by atoms with Crippen LogP contribution in [0.3, 0.4) is 0 Å². The van der Waals surface area contributed by atoms with Crippen molar-refractivity contribution < 1.29 is 22.8 Å². The molecule has 1 atom stereocenters. The van der Waals surface area contributed by atoms with Crippen molar-refractivity contribution in [1.82, 2.24) is 15.1 Å². The van der Waals surface area contributed by atoms with Crippen molar-refractivity contribution in [3.05, 3.63) is 0 Å². The number of nitrogens with zero attached hydrogens (tertiary/aromatic N) is 2. The van der Waals surface area contributed by atoms with Gasteiger partial charge in [-0.15, -0.1) is 0 Å². The minimum atomic E-state index is -4.99. The number of halogens is 3. The van der Waals surface area contributed by atoms with Crippen LogP contribution in [0.1, 0.15) is 33.1 Å². The molecule has 0 aromatic carbocycles. The number of likely N-dealkylation sites (N-methyl/N-ethyl adjacent to an activating group) is 1. The van der Waals surface area contributed by atoms with Crippen molar-refractivity contribution in [2.75, 3.05) is 26.7 Å². The first-order chi connectivity index (χ1) is 9.98. The highest BCUT2D eigenvalue weighted by atomic mass is 19.4. The van der Waals surface area contributed by atoms with E-state index < -0.39 is 23.5 Å². The molecule has 1 unspecified atom stereocenters. The van der Waals surface area contributed by atoms with E-state index in [2.05, 4.69) is 4.90 Å². The molecule has 0 aromatic heterocycles. The molecule has 1 spiro atoms. The van der Waals surface area contributed by atoms with Crippen LogP contribution >= 0.6 is 0 Å². The number of likely N-dealkylation sites (tertiary alicyclic amines) is 2. The number of nitrogens with one attached hydrogen (secondary N) is 1. The Morgan fingerprint density at radius 2 is 1.77 bits per heavy atom. The molecule has 1 N–H and O–H groups in total. The zero-order valence-corrected chi connectivity index (χ0v) is 13.1. The third-order valence-electron chi connectivity index (χ3n) is 4.78. The average molecular weight is 321 g/mol. The summed E-state index contributed by atoms with van der Waals surface area (Å²) >= 11 is 0. The largest absolute Gasteiger partial charge is 0.471 e. The number of hydrogen-bond donors (Lipinski definition) is 1. The van der Waals surface area contributed by atoms with E-state index in [9.17, 15) is 22.8 Å². The van der Waals surface area contributed by atoms with Crippen LogP contribution in [-0.2, 0) is 9.59 Å². The van der Waals surface area contributed by atoms with Gasteiger partial charge in [-0.2, -0.15) is 13.2 Å². The molecule has 126 valence electrons. The Balaban J connectivity index is 2.04. The van der Waals surface area contributed by atoms with E-state index in [1.165, 1.54) is 13.8 Å². The van der Waals surface area contributed by atoms with Gasteiger partial charge in [-0.05, 0) is 46.7 Å². The minimum absolute atomic E-state index is 0.0558. The fourth-order valence-corrected chi connectivity index (χ4v) is 3.42. The zero-order valence-electron chi connectivity index (χ0n) is 13.1. The van der Waals surface area contributed by atoms with E-state index in [0.29, 0.717) is 13.1 Å². The molecule has 0 bridgehead atoms. The van der Waals surface area contributed by atoms with Gasteiger partial charge in [0.1, 0.15) is 5.54 Å². The van der Waals surface area contributed by atoms with Crippen molar-refractivity contribution in [3.8, 4) is 0 Å². The Kier molecular flexibility index (Phi) is 4.18. The predicted octanol–water partition coefficient (Wildman–Crippen LogP) is 1.14. The van der Waals surface area contributed by atoms with Crippen LogP contribution in [0.25, 0.3) is 0 Å². The van der Waals surface area contributed by atoms with Crippen LogP contribution in [0.4, 0.5) is 13.2 Å². The molecule has 2 aliphatic heterocycles. The second kappa shape index (κ2) is 5.40. The highest BCUT2D eigenvalue weighted by molar-refractivity contribution is 5.92. The Morgan fingerprint density at radius 1 is 1.14 bits per heavy atom. The van der Waals surface area contributed by atoms with E-state index in [1.807, 2.05) is 7.05 Å². The van der Waals surface area contributed by atoms with E-state index >= 15 is 0 Å². The predicted molar refractivity (Wildman–Crippen MR) is 74.1 cm³/mol. The highest BCUT2D eigenvalue weighted by Gasteiger charge is 2.49. The summed E-state index contributed by atoms with van der Waals surface area (Å²) in [6.07, 6.45) is -2.12. The molecule has 2 amide bonds. The topological polar surface area (TPSA) is 52.6 Å². The molecule has 8 heteroatoms. The Bertz CT molecular complexity index is 478. The molecule has 0 aromatic rings. The van der Waals surface area contributed by atoms with Gasteiger partial charge in [0, 0.05) is 18.6 Å². The summed E-state index contributed by atoms with van der Waals surface area (Å²) in [5.41, 5.74) is -1.63. The fraction of sp³-hybridized carbons (Fsp3) is 0.857. The third kappa shape index (κ3) is 3.06. The third-order valence-corrected chi connectivity index (χ3v) is 4.78. The van der Waals surface area contributed by atoms with E-state index in [0.717, 1.165) is 25.8 Å². The smallest absolute Gasteiger partial charge is 0.339 e. The molecule has 0 aliphatic carbocycles. The van der Waals surface area contributed by atoms with Crippen molar-refractivity contribution in [1.29, 1.82) is 0 Å². The van der Waals surface area contributed by atoms with Crippen LogP contribution in [0, 0.1) is 0 Å². The van der Waals surface area contributed by atoms with Crippen molar-refractivity contribution in [2.24, 2.45) is 0 Å². The maximum atomic E-state index is 12.5. The number of carbonyl (C=O) groups excluding carboxylic acids is 2. The van der Waals surface area contributed by atoms with Crippen molar-refractivity contribution in [2.45, 2.75) is 50.4 Å². The molecular formula is C14H22F3N3O2.